The van der Waals surface area contributed by atoms with Gasteiger partial charge in [-0.2, -0.15) is 0 Å². The lowest BCUT2D eigenvalue weighted by Gasteiger charge is -2.36. The molecule has 5 heteroatoms. The lowest BCUT2D eigenvalue weighted by atomic mass is 10.0. The van der Waals surface area contributed by atoms with E-state index >= 15 is 0 Å². The van der Waals surface area contributed by atoms with Crippen molar-refractivity contribution >= 4 is 23.2 Å². The summed E-state index contributed by atoms with van der Waals surface area (Å²) in [6.45, 7) is 7.38. The zero-order valence-corrected chi connectivity index (χ0v) is 16.1. The Labute approximate surface area is 160 Å². The molecule has 0 unspecified atom stereocenters. The predicted octanol–water partition coefficient (Wildman–Crippen LogP) is 4.19. The molecule has 26 heavy (non-hydrogen) atoms. The second kappa shape index (κ2) is 8.45. The van der Waals surface area contributed by atoms with Gasteiger partial charge in [0.25, 0.3) is 5.91 Å². The van der Waals surface area contributed by atoms with Crippen molar-refractivity contribution in [2.75, 3.05) is 37.7 Å². The summed E-state index contributed by atoms with van der Waals surface area (Å²) in [7, 11) is 0. The summed E-state index contributed by atoms with van der Waals surface area (Å²) in [6.07, 6.45) is 0. The van der Waals surface area contributed by atoms with Crippen molar-refractivity contribution in [1.82, 2.24) is 4.90 Å². The van der Waals surface area contributed by atoms with Crippen molar-refractivity contribution in [1.29, 1.82) is 0 Å². The molecule has 1 aliphatic rings. The van der Waals surface area contributed by atoms with Crippen LogP contribution in [0.3, 0.4) is 0 Å². The maximum atomic E-state index is 12.4. The molecule has 0 saturated carbocycles. The van der Waals surface area contributed by atoms with E-state index < -0.39 is 0 Å². The number of carbonyl (C=O) groups is 1. The first-order valence-electron chi connectivity index (χ1n) is 9.04. The van der Waals surface area contributed by atoms with Crippen molar-refractivity contribution in [3.05, 3.63) is 59.1 Å². The van der Waals surface area contributed by atoms with Crippen LogP contribution in [0.2, 0.25) is 5.02 Å². The van der Waals surface area contributed by atoms with Crippen LogP contribution < -0.4 is 9.64 Å². The molecule has 0 spiro atoms. The summed E-state index contributed by atoms with van der Waals surface area (Å²) in [6, 6.07) is 15.8. The second-order valence-electron chi connectivity index (χ2n) is 6.86. The van der Waals surface area contributed by atoms with Crippen LogP contribution in [0, 0.1) is 0 Å². The highest BCUT2D eigenvalue weighted by Gasteiger charge is 2.21. The van der Waals surface area contributed by atoms with Gasteiger partial charge in [-0.1, -0.05) is 43.6 Å². The fraction of sp³-hybridized carbons (Fsp3) is 0.381. The van der Waals surface area contributed by atoms with Crippen LogP contribution in [0.15, 0.2) is 48.5 Å². The molecule has 3 rings (SSSR count). The van der Waals surface area contributed by atoms with Gasteiger partial charge in [0.2, 0.25) is 0 Å². The highest BCUT2D eigenvalue weighted by atomic mass is 35.5. The molecule has 2 aromatic carbocycles. The van der Waals surface area contributed by atoms with Gasteiger partial charge in [-0.25, -0.2) is 0 Å². The molecule has 0 bridgehead atoms. The molecule has 0 atom stereocenters. The van der Waals surface area contributed by atoms with Gasteiger partial charge in [0.1, 0.15) is 5.75 Å². The number of piperazine rings is 1. The molecule has 0 radical (unpaired) electrons. The number of carbonyl (C=O) groups excluding carboxylic acids is 1. The number of halogens is 1. The number of hydrogen-bond acceptors (Lipinski definition) is 3. The van der Waals surface area contributed by atoms with E-state index in [1.807, 2.05) is 53.4 Å². The van der Waals surface area contributed by atoms with Gasteiger partial charge in [-0.05, 0) is 41.8 Å². The van der Waals surface area contributed by atoms with Gasteiger partial charge >= 0.3 is 0 Å². The minimum absolute atomic E-state index is 0.0312. The summed E-state index contributed by atoms with van der Waals surface area (Å²) in [4.78, 5) is 16.5. The maximum absolute atomic E-state index is 12.4. The fourth-order valence-electron chi connectivity index (χ4n) is 3.07. The number of hydrogen-bond donors (Lipinski definition) is 0. The summed E-state index contributed by atoms with van der Waals surface area (Å²) >= 11 is 6.06. The van der Waals surface area contributed by atoms with E-state index in [-0.39, 0.29) is 12.5 Å². The van der Waals surface area contributed by atoms with Crippen molar-refractivity contribution in [2.24, 2.45) is 0 Å². The Kier molecular flexibility index (Phi) is 6.04. The van der Waals surface area contributed by atoms with E-state index in [2.05, 4.69) is 18.7 Å². The molecule has 1 saturated heterocycles. The van der Waals surface area contributed by atoms with Crippen molar-refractivity contribution in [2.45, 2.75) is 19.8 Å². The summed E-state index contributed by atoms with van der Waals surface area (Å²) in [5.41, 5.74) is 2.37. The summed E-state index contributed by atoms with van der Waals surface area (Å²) in [5, 5.41) is 0.734. The first kappa shape index (κ1) is 18.6. The Balaban J connectivity index is 1.47. The van der Waals surface area contributed by atoms with Gasteiger partial charge in [-0.3, -0.25) is 4.79 Å². The van der Waals surface area contributed by atoms with Crippen molar-refractivity contribution < 1.29 is 9.53 Å². The minimum atomic E-state index is 0.0312. The van der Waals surface area contributed by atoms with Crippen LogP contribution in [0.25, 0.3) is 0 Å². The Morgan fingerprint density at radius 3 is 2.38 bits per heavy atom. The highest BCUT2D eigenvalue weighted by molar-refractivity contribution is 6.30. The molecular formula is C21H25ClN2O2. The molecule has 1 fully saturated rings. The van der Waals surface area contributed by atoms with Crippen LogP contribution >= 0.6 is 11.6 Å². The van der Waals surface area contributed by atoms with E-state index in [1.54, 1.807) is 0 Å². The monoisotopic (exact) mass is 372 g/mol. The van der Waals surface area contributed by atoms with Crippen LogP contribution in [0.5, 0.6) is 5.75 Å². The molecule has 138 valence electrons. The molecule has 1 heterocycles. The second-order valence-corrected chi connectivity index (χ2v) is 7.30. The van der Waals surface area contributed by atoms with E-state index in [4.69, 9.17) is 16.3 Å². The first-order valence-corrected chi connectivity index (χ1v) is 9.42. The SMILES string of the molecule is CC(C)c1ccc(OCC(=O)N2CCN(c3cccc(Cl)c3)CC2)cc1. The van der Waals surface area contributed by atoms with Gasteiger partial charge in [0, 0.05) is 36.9 Å². The molecule has 1 aliphatic heterocycles. The zero-order chi connectivity index (χ0) is 18.5. The predicted molar refractivity (Wildman–Crippen MR) is 106 cm³/mol. The third-order valence-corrected chi connectivity index (χ3v) is 4.95. The average molecular weight is 373 g/mol. The van der Waals surface area contributed by atoms with E-state index in [9.17, 15) is 4.79 Å². The summed E-state index contributed by atoms with van der Waals surface area (Å²) < 4.78 is 5.66. The van der Waals surface area contributed by atoms with E-state index in [0.717, 1.165) is 29.5 Å². The Morgan fingerprint density at radius 1 is 1.08 bits per heavy atom. The van der Waals surface area contributed by atoms with Gasteiger partial charge in [-0.15, -0.1) is 0 Å². The number of nitrogens with zero attached hydrogens (tertiary/aromatic N) is 2. The number of anilines is 1. The Bertz CT molecular complexity index is 738. The van der Waals surface area contributed by atoms with Crippen molar-refractivity contribution in [3.8, 4) is 5.75 Å². The molecule has 0 N–H and O–H groups in total. The highest BCUT2D eigenvalue weighted by Crippen LogP contribution is 2.21. The number of ether oxygens (including phenoxy) is 1. The number of benzene rings is 2. The molecule has 0 aliphatic carbocycles. The molecule has 1 amide bonds. The third kappa shape index (κ3) is 4.70. The quantitative estimate of drug-likeness (QED) is 0.788. The molecule has 2 aromatic rings. The Morgan fingerprint density at radius 2 is 1.77 bits per heavy atom. The van der Waals surface area contributed by atoms with Gasteiger partial charge in [0.05, 0.1) is 0 Å². The van der Waals surface area contributed by atoms with Gasteiger partial charge in [0.15, 0.2) is 6.61 Å². The summed E-state index contributed by atoms with van der Waals surface area (Å²) in [5.74, 6) is 1.26. The van der Waals surface area contributed by atoms with E-state index in [1.165, 1.54) is 5.56 Å². The number of amides is 1. The van der Waals surface area contributed by atoms with Crippen LogP contribution in [0.1, 0.15) is 25.3 Å². The van der Waals surface area contributed by atoms with Gasteiger partial charge < -0.3 is 14.5 Å². The first-order chi connectivity index (χ1) is 12.5. The maximum Gasteiger partial charge on any atom is 0.260 e. The Hall–Kier alpha value is -2.20. The molecular weight excluding hydrogens is 348 g/mol. The van der Waals surface area contributed by atoms with Crippen molar-refractivity contribution in [3.63, 3.8) is 0 Å². The van der Waals surface area contributed by atoms with Crippen LogP contribution in [0.4, 0.5) is 5.69 Å². The standard InChI is InChI=1S/C21H25ClN2O2/c1-16(2)17-6-8-20(9-7-17)26-15-21(25)24-12-10-23(11-13-24)19-5-3-4-18(22)14-19/h3-9,14,16H,10-13,15H2,1-2H3. The zero-order valence-electron chi connectivity index (χ0n) is 15.3. The van der Waals surface area contributed by atoms with Crippen LogP contribution in [-0.2, 0) is 4.79 Å². The van der Waals surface area contributed by atoms with Crippen LogP contribution in [-0.4, -0.2) is 43.6 Å². The molecule has 4 nitrogen and oxygen atoms in total. The topological polar surface area (TPSA) is 32.8 Å². The van der Waals surface area contributed by atoms with E-state index in [0.29, 0.717) is 19.0 Å². The largest absolute Gasteiger partial charge is 0.484 e. The smallest absolute Gasteiger partial charge is 0.260 e. The third-order valence-electron chi connectivity index (χ3n) is 4.71. The minimum Gasteiger partial charge on any atom is -0.484 e. The fourth-order valence-corrected chi connectivity index (χ4v) is 3.26. The number of rotatable bonds is 5. The normalized spacial score (nSPS) is 14.6. The lowest BCUT2D eigenvalue weighted by Crippen LogP contribution is -2.50. The average Bonchev–Trinajstić information content (AvgIpc) is 2.66. The molecule has 0 aromatic heterocycles. The lowest BCUT2D eigenvalue weighted by molar-refractivity contribution is -0.133.